The third-order valence-corrected chi connectivity index (χ3v) is 8.25. The quantitative estimate of drug-likeness (QED) is 0.652. The van der Waals surface area contributed by atoms with Gasteiger partial charge in [-0.3, -0.25) is 14.4 Å². The number of piperidine rings is 1. The van der Waals surface area contributed by atoms with Crippen LogP contribution in [-0.2, 0) is 14.4 Å². The van der Waals surface area contributed by atoms with Crippen molar-refractivity contribution >= 4 is 35.1 Å². The molecule has 39 heavy (non-hydrogen) atoms. The van der Waals surface area contributed by atoms with E-state index in [9.17, 15) is 19.2 Å². The minimum absolute atomic E-state index is 0.00146. The average molecular weight is 533 g/mol. The Labute approximate surface area is 229 Å². The summed E-state index contributed by atoms with van der Waals surface area (Å²) in [4.78, 5) is 60.8. The molecule has 5 rings (SSSR count). The number of rotatable bonds is 4. The van der Waals surface area contributed by atoms with E-state index in [1.54, 1.807) is 19.6 Å². The summed E-state index contributed by atoms with van der Waals surface area (Å²) in [6.07, 6.45) is 0.952. The van der Waals surface area contributed by atoms with Crippen molar-refractivity contribution in [3.8, 4) is 0 Å². The van der Waals surface area contributed by atoms with E-state index in [0.29, 0.717) is 58.8 Å². The van der Waals surface area contributed by atoms with Gasteiger partial charge in [0.1, 0.15) is 12.1 Å². The topological polar surface area (TPSA) is 96.5 Å². The molecule has 0 atom stereocenters. The number of carbonyl (C=O) groups excluding carboxylic acids is 4. The fraction of sp³-hybridized carbons (Fsp3) is 0.448. The minimum atomic E-state index is -0.811. The van der Waals surface area contributed by atoms with Crippen molar-refractivity contribution in [1.29, 1.82) is 0 Å². The van der Waals surface area contributed by atoms with E-state index in [2.05, 4.69) is 10.2 Å². The van der Waals surface area contributed by atoms with Gasteiger partial charge >= 0.3 is 6.03 Å². The lowest BCUT2D eigenvalue weighted by molar-refractivity contribution is -0.143. The zero-order chi connectivity index (χ0) is 27.6. The maximum atomic E-state index is 14.0. The number of carbonyl (C=O) groups is 4. The number of nitrogens with one attached hydrogen (secondary N) is 1. The van der Waals surface area contributed by atoms with Crippen LogP contribution in [0.3, 0.4) is 0 Å². The van der Waals surface area contributed by atoms with Crippen molar-refractivity contribution in [2.45, 2.75) is 32.2 Å². The predicted molar refractivity (Wildman–Crippen MR) is 148 cm³/mol. The molecule has 1 N–H and O–H groups in total. The molecule has 0 saturated carbocycles. The number of hydrogen-bond donors (Lipinski definition) is 1. The smallest absolute Gasteiger partial charge is 0.321 e. The number of hydrogen-bond acceptors (Lipinski definition) is 5. The van der Waals surface area contributed by atoms with Crippen molar-refractivity contribution in [3.05, 3.63) is 60.2 Å². The second-order valence-electron chi connectivity index (χ2n) is 10.6. The number of nitrogens with zero attached hydrogens (tertiary/aromatic N) is 5. The molecule has 0 aliphatic carbocycles. The molecule has 206 valence electrons. The molecule has 10 nitrogen and oxygen atoms in total. The van der Waals surface area contributed by atoms with Gasteiger partial charge in [-0.1, -0.05) is 36.4 Å². The number of likely N-dealkylation sites (tertiary alicyclic amines) is 1. The van der Waals surface area contributed by atoms with Crippen LogP contribution < -0.4 is 10.2 Å². The molecule has 0 radical (unpaired) electrons. The molecule has 5 amide bonds. The Bertz CT molecular complexity index is 1240. The minimum Gasteiger partial charge on any atom is -0.339 e. The van der Waals surface area contributed by atoms with Crippen LogP contribution in [0.4, 0.5) is 16.2 Å². The van der Waals surface area contributed by atoms with E-state index in [0.717, 1.165) is 16.9 Å². The average Bonchev–Trinajstić information content (AvgIpc) is 3.21. The van der Waals surface area contributed by atoms with Gasteiger partial charge in [-0.2, -0.15) is 0 Å². The van der Waals surface area contributed by atoms with Crippen LogP contribution in [0.1, 0.15) is 25.3 Å². The molecule has 0 bridgehead atoms. The lowest BCUT2D eigenvalue weighted by Gasteiger charge is -2.43. The van der Waals surface area contributed by atoms with E-state index in [-0.39, 0.29) is 30.3 Å². The first-order valence-corrected chi connectivity index (χ1v) is 13.6. The number of anilines is 2. The van der Waals surface area contributed by atoms with E-state index in [1.807, 2.05) is 61.5 Å². The summed E-state index contributed by atoms with van der Waals surface area (Å²) in [6.45, 7) is 6.63. The summed E-state index contributed by atoms with van der Waals surface area (Å²) in [5, 5.41) is 3.00. The van der Waals surface area contributed by atoms with E-state index in [1.165, 1.54) is 6.92 Å². The van der Waals surface area contributed by atoms with Crippen molar-refractivity contribution < 1.29 is 19.2 Å². The van der Waals surface area contributed by atoms with E-state index >= 15 is 0 Å². The van der Waals surface area contributed by atoms with Gasteiger partial charge in [-0.15, -0.1) is 0 Å². The van der Waals surface area contributed by atoms with Crippen LogP contribution >= 0.6 is 0 Å². The Kier molecular flexibility index (Phi) is 7.45. The third kappa shape index (κ3) is 5.28. The highest BCUT2D eigenvalue weighted by Crippen LogP contribution is 2.39. The first kappa shape index (κ1) is 26.5. The normalized spacial score (nSPS) is 19.0. The van der Waals surface area contributed by atoms with Crippen LogP contribution in [0.5, 0.6) is 0 Å². The Morgan fingerprint density at radius 3 is 2.08 bits per heavy atom. The van der Waals surface area contributed by atoms with Crippen molar-refractivity contribution in [3.63, 3.8) is 0 Å². The van der Waals surface area contributed by atoms with Crippen LogP contribution in [-0.4, -0.2) is 101 Å². The molecule has 3 aliphatic heterocycles. The standard InChI is InChI=1S/C29H36N6O4/c1-22-8-6-7-11-25(22)30-28(39)33-14-12-29(13-15-33)27(38)34(21-35(29)24-9-4-3-5-10-24)20-26(37)32-18-16-31(17-19-32)23(2)36/h3-11H,12-21H2,1-2H3,(H,30,39). The second kappa shape index (κ2) is 11.0. The predicted octanol–water partition coefficient (Wildman–Crippen LogP) is 2.36. The summed E-state index contributed by atoms with van der Waals surface area (Å²) >= 11 is 0. The highest BCUT2D eigenvalue weighted by atomic mass is 16.2. The van der Waals surface area contributed by atoms with Crippen LogP contribution in [0.2, 0.25) is 0 Å². The first-order valence-electron chi connectivity index (χ1n) is 13.6. The molecular weight excluding hydrogens is 496 g/mol. The molecule has 10 heteroatoms. The van der Waals surface area contributed by atoms with Gasteiger partial charge in [0.05, 0.1) is 6.67 Å². The molecule has 0 aromatic heterocycles. The number of amides is 5. The van der Waals surface area contributed by atoms with E-state index in [4.69, 9.17) is 0 Å². The van der Waals surface area contributed by atoms with Crippen LogP contribution in [0.25, 0.3) is 0 Å². The Hall–Kier alpha value is -4.08. The maximum Gasteiger partial charge on any atom is 0.321 e. The molecule has 3 aliphatic rings. The van der Waals surface area contributed by atoms with Crippen molar-refractivity contribution in [2.24, 2.45) is 0 Å². The van der Waals surface area contributed by atoms with Crippen molar-refractivity contribution in [1.82, 2.24) is 19.6 Å². The molecule has 2 aromatic rings. The maximum absolute atomic E-state index is 14.0. The lowest BCUT2D eigenvalue weighted by atomic mass is 9.85. The third-order valence-electron chi connectivity index (χ3n) is 8.25. The number of piperazine rings is 1. The molecular formula is C29H36N6O4. The van der Waals surface area contributed by atoms with Gasteiger partial charge in [-0.25, -0.2) is 4.79 Å². The fourth-order valence-electron chi connectivity index (χ4n) is 5.84. The highest BCUT2D eigenvalue weighted by molar-refractivity contribution is 5.97. The van der Waals surface area contributed by atoms with Gasteiger partial charge < -0.3 is 29.8 Å². The molecule has 3 fully saturated rings. The molecule has 1 spiro atoms. The lowest BCUT2D eigenvalue weighted by Crippen LogP contribution is -2.58. The highest BCUT2D eigenvalue weighted by Gasteiger charge is 2.54. The molecule has 0 unspecified atom stereocenters. The largest absolute Gasteiger partial charge is 0.339 e. The summed E-state index contributed by atoms with van der Waals surface area (Å²) in [5.41, 5.74) is 1.88. The van der Waals surface area contributed by atoms with Gasteiger partial charge in [0.25, 0.3) is 5.91 Å². The zero-order valence-corrected chi connectivity index (χ0v) is 22.6. The van der Waals surface area contributed by atoms with Crippen molar-refractivity contribution in [2.75, 3.05) is 62.7 Å². The summed E-state index contributed by atoms with van der Waals surface area (Å²) in [7, 11) is 0. The summed E-state index contributed by atoms with van der Waals surface area (Å²) < 4.78 is 0. The monoisotopic (exact) mass is 532 g/mol. The van der Waals surface area contributed by atoms with E-state index < -0.39 is 5.54 Å². The Morgan fingerprint density at radius 1 is 0.821 bits per heavy atom. The fourth-order valence-corrected chi connectivity index (χ4v) is 5.84. The van der Waals surface area contributed by atoms with Crippen LogP contribution in [0.15, 0.2) is 54.6 Å². The number of benzene rings is 2. The molecule has 2 aromatic carbocycles. The summed E-state index contributed by atoms with van der Waals surface area (Å²) in [6, 6.07) is 17.3. The zero-order valence-electron chi connectivity index (χ0n) is 22.6. The first-order chi connectivity index (χ1) is 18.8. The van der Waals surface area contributed by atoms with Gasteiger partial charge in [0.2, 0.25) is 11.8 Å². The number of aryl methyl sites for hydroxylation is 1. The van der Waals surface area contributed by atoms with Gasteiger partial charge in [0, 0.05) is 57.6 Å². The molecule has 3 heterocycles. The van der Waals surface area contributed by atoms with Gasteiger partial charge in [0.15, 0.2) is 0 Å². The second-order valence-corrected chi connectivity index (χ2v) is 10.6. The Balaban J connectivity index is 1.28. The SMILES string of the molecule is CC(=O)N1CCN(C(=O)CN2CN(c3ccccc3)C3(CCN(C(=O)Nc4ccccc4C)CC3)C2=O)CC1. The Morgan fingerprint density at radius 2 is 1.44 bits per heavy atom. The van der Waals surface area contributed by atoms with Crippen LogP contribution in [0, 0.1) is 6.92 Å². The molecule has 3 saturated heterocycles. The number of urea groups is 1. The number of para-hydroxylation sites is 2. The van der Waals surface area contributed by atoms with Gasteiger partial charge in [-0.05, 0) is 43.5 Å². The summed E-state index contributed by atoms with van der Waals surface area (Å²) in [5.74, 6) is -0.163.